The molecule has 1 aliphatic rings. The number of hydrogen-bond donors (Lipinski definition) is 1. The van der Waals surface area contributed by atoms with Crippen molar-refractivity contribution in [2.24, 2.45) is 0 Å². The average molecular weight is 394 g/mol. The van der Waals surface area contributed by atoms with E-state index >= 15 is 0 Å². The van der Waals surface area contributed by atoms with Crippen LogP contribution in [0.3, 0.4) is 0 Å². The van der Waals surface area contributed by atoms with Crippen LogP contribution >= 0.6 is 23.2 Å². The summed E-state index contributed by atoms with van der Waals surface area (Å²) in [7, 11) is 3.27. The molecule has 0 saturated heterocycles. The Kier molecular flexibility index (Phi) is 5.97. The predicted molar refractivity (Wildman–Crippen MR) is 106 cm³/mol. The van der Waals surface area contributed by atoms with Crippen molar-refractivity contribution in [1.82, 2.24) is 5.32 Å². The van der Waals surface area contributed by atoms with E-state index in [2.05, 4.69) is 18.3 Å². The number of ether oxygens (including phenoxy) is 3. The van der Waals surface area contributed by atoms with Gasteiger partial charge in [0.05, 0.1) is 19.2 Å². The first-order valence-corrected chi connectivity index (χ1v) is 9.04. The highest BCUT2D eigenvalue weighted by Gasteiger charge is 2.17. The minimum atomic E-state index is 0.139. The van der Waals surface area contributed by atoms with Crippen LogP contribution in [0.2, 0.25) is 10.0 Å². The largest absolute Gasteiger partial charge is 0.493 e. The van der Waals surface area contributed by atoms with Crippen LogP contribution in [0.25, 0.3) is 6.08 Å². The van der Waals surface area contributed by atoms with Crippen LogP contribution in [0.15, 0.2) is 35.9 Å². The molecule has 0 bridgehead atoms. The van der Waals surface area contributed by atoms with Gasteiger partial charge in [0.15, 0.2) is 11.5 Å². The fourth-order valence-electron chi connectivity index (χ4n) is 2.89. The summed E-state index contributed by atoms with van der Waals surface area (Å²) in [5.74, 6) is 2.13. The van der Waals surface area contributed by atoms with Gasteiger partial charge >= 0.3 is 0 Å². The highest BCUT2D eigenvalue weighted by Crippen LogP contribution is 2.36. The van der Waals surface area contributed by atoms with E-state index in [1.165, 1.54) is 0 Å². The van der Waals surface area contributed by atoms with Gasteiger partial charge in [-0.25, -0.2) is 0 Å². The van der Waals surface area contributed by atoms with Crippen LogP contribution in [0, 0.1) is 0 Å². The molecule has 1 heterocycles. The van der Waals surface area contributed by atoms with Gasteiger partial charge in [-0.15, -0.1) is 0 Å². The summed E-state index contributed by atoms with van der Waals surface area (Å²) in [6.45, 7) is 3.30. The molecule has 1 N–H and O–H groups in total. The van der Waals surface area contributed by atoms with Gasteiger partial charge in [0, 0.05) is 23.2 Å². The lowest BCUT2D eigenvalue weighted by Crippen LogP contribution is -2.24. The Morgan fingerprint density at radius 3 is 2.62 bits per heavy atom. The molecule has 0 amide bonds. The Morgan fingerprint density at radius 2 is 1.88 bits per heavy atom. The van der Waals surface area contributed by atoms with Gasteiger partial charge in [-0.05, 0) is 48.4 Å². The van der Waals surface area contributed by atoms with E-state index in [9.17, 15) is 0 Å². The Balaban J connectivity index is 1.70. The van der Waals surface area contributed by atoms with Crippen LogP contribution in [0.4, 0.5) is 0 Å². The maximum atomic E-state index is 6.18. The second kappa shape index (κ2) is 8.21. The van der Waals surface area contributed by atoms with E-state index in [-0.39, 0.29) is 6.04 Å². The third-order valence-corrected chi connectivity index (χ3v) is 4.84. The molecule has 2 aromatic carbocycles. The first kappa shape index (κ1) is 18.9. The molecule has 1 unspecified atom stereocenters. The molecule has 6 heteroatoms. The average Bonchev–Trinajstić information content (AvgIpc) is 2.64. The molecule has 0 spiro atoms. The molecule has 0 saturated carbocycles. The van der Waals surface area contributed by atoms with Crippen molar-refractivity contribution >= 4 is 29.3 Å². The lowest BCUT2D eigenvalue weighted by Gasteiger charge is -2.22. The molecule has 0 aromatic heterocycles. The van der Waals surface area contributed by atoms with Crippen LogP contribution in [-0.2, 0) is 0 Å². The van der Waals surface area contributed by atoms with Crippen LogP contribution in [-0.4, -0.2) is 27.4 Å². The summed E-state index contributed by atoms with van der Waals surface area (Å²) in [5, 5.41) is 4.64. The van der Waals surface area contributed by atoms with Gasteiger partial charge in [-0.3, -0.25) is 0 Å². The van der Waals surface area contributed by atoms with Gasteiger partial charge < -0.3 is 19.5 Å². The summed E-state index contributed by atoms with van der Waals surface area (Å²) < 4.78 is 16.5. The van der Waals surface area contributed by atoms with E-state index in [4.69, 9.17) is 37.4 Å². The fourth-order valence-corrected chi connectivity index (χ4v) is 3.46. The van der Waals surface area contributed by atoms with Crippen molar-refractivity contribution < 1.29 is 14.2 Å². The number of nitrogens with one attached hydrogen (secondary N) is 1. The SMILES string of the molecule is COc1ccc(C(C)NCC2=Cc3cc(Cl)cc(Cl)c3OC2)cc1OC. The molecule has 0 aliphatic carbocycles. The van der Waals surface area contributed by atoms with Gasteiger partial charge in [-0.2, -0.15) is 0 Å². The topological polar surface area (TPSA) is 39.7 Å². The summed E-state index contributed by atoms with van der Waals surface area (Å²) in [5.41, 5.74) is 3.15. The van der Waals surface area contributed by atoms with E-state index < -0.39 is 0 Å². The fraction of sp³-hybridized carbons (Fsp3) is 0.300. The molecule has 2 aromatic rings. The number of fused-ring (bicyclic) bond motifs is 1. The normalized spacial score (nSPS) is 14.1. The molecular weight excluding hydrogens is 373 g/mol. The van der Waals surface area contributed by atoms with Crippen LogP contribution < -0.4 is 19.5 Å². The standard InChI is InChI=1S/C20H21Cl2NO3/c1-12(14-4-5-18(24-2)19(8-14)25-3)23-10-13-6-15-7-16(21)9-17(22)20(15)26-11-13/h4-9,12,23H,10-11H2,1-3H3. The summed E-state index contributed by atoms with van der Waals surface area (Å²) in [6.07, 6.45) is 2.07. The summed E-state index contributed by atoms with van der Waals surface area (Å²) in [4.78, 5) is 0. The zero-order valence-electron chi connectivity index (χ0n) is 14.9. The highest BCUT2D eigenvalue weighted by molar-refractivity contribution is 6.36. The smallest absolute Gasteiger partial charge is 0.161 e. The van der Waals surface area contributed by atoms with Crippen molar-refractivity contribution in [2.75, 3.05) is 27.4 Å². The molecule has 1 aliphatic heterocycles. The maximum absolute atomic E-state index is 6.18. The second-order valence-corrected chi connectivity index (χ2v) is 6.96. The molecule has 26 heavy (non-hydrogen) atoms. The van der Waals surface area contributed by atoms with Crippen LogP contribution in [0.5, 0.6) is 17.2 Å². The van der Waals surface area contributed by atoms with Gasteiger partial charge in [0.1, 0.15) is 12.4 Å². The Bertz CT molecular complexity index is 836. The third-order valence-electron chi connectivity index (χ3n) is 4.34. The number of methoxy groups -OCH3 is 2. The summed E-state index contributed by atoms with van der Waals surface area (Å²) >= 11 is 12.3. The molecular formula is C20H21Cl2NO3. The van der Waals surface area contributed by atoms with Gasteiger partial charge in [-0.1, -0.05) is 29.3 Å². The second-order valence-electron chi connectivity index (χ2n) is 6.11. The minimum Gasteiger partial charge on any atom is -0.493 e. The Hall–Kier alpha value is -1.88. The number of benzene rings is 2. The lowest BCUT2D eigenvalue weighted by molar-refractivity contribution is 0.341. The quantitative estimate of drug-likeness (QED) is 0.737. The first-order valence-electron chi connectivity index (χ1n) is 8.28. The van der Waals surface area contributed by atoms with E-state index in [0.717, 1.165) is 28.2 Å². The van der Waals surface area contributed by atoms with Crippen molar-refractivity contribution in [2.45, 2.75) is 13.0 Å². The highest BCUT2D eigenvalue weighted by atomic mass is 35.5. The van der Waals surface area contributed by atoms with Crippen molar-refractivity contribution in [3.8, 4) is 17.2 Å². The molecule has 3 rings (SSSR count). The van der Waals surface area contributed by atoms with E-state index in [1.807, 2.05) is 24.3 Å². The lowest BCUT2D eigenvalue weighted by atomic mass is 10.1. The molecule has 0 radical (unpaired) electrons. The van der Waals surface area contributed by atoms with Crippen molar-refractivity contribution in [3.63, 3.8) is 0 Å². The molecule has 1 atom stereocenters. The predicted octanol–water partition coefficient (Wildman–Crippen LogP) is 5.14. The third kappa shape index (κ3) is 4.09. The molecule has 4 nitrogen and oxygen atoms in total. The Morgan fingerprint density at radius 1 is 1.12 bits per heavy atom. The minimum absolute atomic E-state index is 0.139. The molecule has 138 valence electrons. The van der Waals surface area contributed by atoms with Gasteiger partial charge in [0.2, 0.25) is 0 Å². The van der Waals surface area contributed by atoms with Crippen molar-refractivity contribution in [3.05, 3.63) is 57.1 Å². The number of hydrogen-bond acceptors (Lipinski definition) is 4. The Labute approximate surface area is 163 Å². The first-order chi connectivity index (χ1) is 12.5. The maximum Gasteiger partial charge on any atom is 0.161 e. The zero-order valence-corrected chi connectivity index (χ0v) is 16.4. The monoisotopic (exact) mass is 393 g/mol. The summed E-state index contributed by atoms with van der Waals surface area (Å²) in [6, 6.07) is 9.62. The van der Waals surface area contributed by atoms with E-state index in [0.29, 0.717) is 28.9 Å². The van der Waals surface area contributed by atoms with Gasteiger partial charge in [0.25, 0.3) is 0 Å². The number of rotatable bonds is 6. The van der Waals surface area contributed by atoms with E-state index in [1.54, 1.807) is 20.3 Å². The molecule has 0 fully saturated rings. The zero-order chi connectivity index (χ0) is 18.7. The van der Waals surface area contributed by atoms with Crippen LogP contribution in [0.1, 0.15) is 24.1 Å². The number of halogens is 2. The van der Waals surface area contributed by atoms with Crippen molar-refractivity contribution in [1.29, 1.82) is 0 Å².